The molecule has 0 saturated carbocycles. The van der Waals surface area contributed by atoms with Crippen LogP contribution in [0.25, 0.3) is 0 Å². The molecule has 6 atom stereocenters. The molecule has 0 radical (unpaired) electrons. The summed E-state index contributed by atoms with van der Waals surface area (Å²) in [5.41, 5.74) is 0.678. The molecule has 0 spiro atoms. The van der Waals surface area contributed by atoms with E-state index in [4.69, 9.17) is 9.84 Å². The summed E-state index contributed by atoms with van der Waals surface area (Å²) in [6.45, 7) is 2.54. The fourth-order valence-corrected chi connectivity index (χ4v) is 3.96. The normalized spacial score (nSPS) is 14.6. The summed E-state index contributed by atoms with van der Waals surface area (Å²) in [6, 6.07) is 1.86. The van der Waals surface area contributed by atoms with Crippen molar-refractivity contribution in [1.29, 1.82) is 0 Å². The van der Waals surface area contributed by atoms with Crippen LogP contribution in [0.1, 0.15) is 52.0 Å². The van der Waals surface area contributed by atoms with Crippen molar-refractivity contribution < 1.29 is 62.8 Å². The van der Waals surface area contributed by atoms with Crippen LogP contribution in [0.5, 0.6) is 0 Å². The smallest absolute Gasteiger partial charge is 0.408 e. The van der Waals surface area contributed by atoms with Crippen molar-refractivity contribution in [1.82, 2.24) is 21.3 Å². The van der Waals surface area contributed by atoms with E-state index in [0.29, 0.717) is 12.0 Å². The van der Waals surface area contributed by atoms with E-state index < -0.39 is 109 Å². The van der Waals surface area contributed by atoms with Crippen molar-refractivity contribution >= 4 is 47.3 Å². The van der Waals surface area contributed by atoms with Gasteiger partial charge in [-0.05, 0) is 24.8 Å². The predicted octanol–water partition coefficient (Wildman–Crippen LogP) is -0.390. The van der Waals surface area contributed by atoms with Crippen molar-refractivity contribution in [2.45, 2.75) is 83.3 Å². The quantitative estimate of drug-likeness (QED) is 0.0888. The average Bonchev–Trinajstić information content (AvgIpc) is 3.01. The first kappa shape index (κ1) is 39.1. The lowest BCUT2D eigenvalue weighted by molar-refractivity contribution is -0.144. The zero-order valence-corrected chi connectivity index (χ0v) is 25.5. The van der Waals surface area contributed by atoms with Gasteiger partial charge in [0, 0.05) is 6.42 Å². The number of ether oxygens (including phenoxy) is 1. The van der Waals surface area contributed by atoms with Crippen molar-refractivity contribution in [3.8, 4) is 0 Å². The number of hydrogen-bond donors (Lipinski definition) is 7. The Kier molecular flexibility index (Phi) is 16.5. The van der Waals surface area contributed by atoms with E-state index in [-0.39, 0.29) is 6.61 Å². The first-order chi connectivity index (χ1) is 21.6. The highest BCUT2D eigenvalue weighted by Crippen LogP contribution is 2.11. The van der Waals surface area contributed by atoms with Gasteiger partial charge in [0.15, 0.2) is 6.67 Å². The van der Waals surface area contributed by atoms with Gasteiger partial charge in [0.25, 0.3) is 0 Å². The van der Waals surface area contributed by atoms with E-state index in [1.165, 1.54) is 0 Å². The number of aliphatic hydroxyl groups is 1. The molecule has 0 aromatic heterocycles. The molecule has 46 heavy (non-hydrogen) atoms. The minimum Gasteiger partial charge on any atom is -0.481 e. The number of alkyl carbamates (subject to hydrolysis) is 1. The topological polar surface area (TPSA) is 255 Å². The number of benzene rings is 1. The zero-order valence-electron chi connectivity index (χ0n) is 25.5. The van der Waals surface area contributed by atoms with Crippen molar-refractivity contribution in [2.24, 2.45) is 5.92 Å². The molecular formula is C29H39FN4O12. The van der Waals surface area contributed by atoms with E-state index in [2.05, 4.69) is 16.0 Å². The second kappa shape index (κ2) is 19.5. The highest BCUT2D eigenvalue weighted by Gasteiger charge is 2.36. The molecule has 0 saturated heterocycles. The predicted molar refractivity (Wildman–Crippen MR) is 156 cm³/mol. The Bertz CT molecular complexity index is 1260. The fraction of sp³-hybridized carbons (Fsp3) is 0.517. The summed E-state index contributed by atoms with van der Waals surface area (Å²) in [5.74, 6) is -10.0. The summed E-state index contributed by atoms with van der Waals surface area (Å²) < 4.78 is 17.9. The SMILES string of the molecule is CC[C@H](C)[C@H](NC(=O)OCc1ccccc1)C(=O)N[C@@H](CCC(=O)O)C(=O)N[C@H](C(=O)N[C@@H](CC(=O)O)C(=O)C(=O)CF)[C@@H](C)O. The highest BCUT2D eigenvalue weighted by atomic mass is 19.1. The summed E-state index contributed by atoms with van der Waals surface area (Å²) in [7, 11) is 0. The fourth-order valence-electron chi connectivity index (χ4n) is 3.96. The number of aliphatic carboxylic acids is 2. The lowest BCUT2D eigenvalue weighted by atomic mass is 9.97. The zero-order chi connectivity index (χ0) is 35.0. The van der Waals surface area contributed by atoms with Gasteiger partial charge >= 0.3 is 18.0 Å². The van der Waals surface area contributed by atoms with E-state index in [0.717, 1.165) is 6.92 Å². The van der Waals surface area contributed by atoms with Crippen LogP contribution in [0.3, 0.4) is 0 Å². The molecule has 0 bridgehead atoms. The molecule has 0 aliphatic rings. The van der Waals surface area contributed by atoms with Gasteiger partial charge in [-0.25, -0.2) is 9.18 Å². The Morgan fingerprint density at radius 3 is 1.91 bits per heavy atom. The van der Waals surface area contributed by atoms with Crippen LogP contribution in [0.4, 0.5) is 9.18 Å². The molecule has 254 valence electrons. The molecule has 16 nitrogen and oxygen atoms in total. The third-order valence-electron chi connectivity index (χ3n) is 6.73. The first-order valence-electron chi connectivity index (χ1n) is 14.2. The maximum absolute atomic E-state index is 13.3. The Hall–Kier alpha value is -4.93. The minimum atomic E-state index is -2.03. The average molecular weight is 655 g/mol. The number of rotatable bonds is 20. The molecule has 0 fully saturated rings. The third kappa shape index (κ3) is 13.4. The maximum Gasteiger partial charge on any atom is 0.408 e. The van der Waals surface area contributed by atoms with E-state index in [9.17, 15) is 53.0 Å². The van der Waals surface area contributed by atoms with Crippen LogP contribution in [-0.2, 0) is 44.9 Å². The van der Waals surface area contributed by atoms with Gasteiger partial charge in [0.2, 0.25) is 29.3 Å². The molecule has 0 heterocycles. The number of amides is 4. The van der Waals surface area contributed by atoms with Gasteiger partial charge < -0.3 is 41.3 Å². The molecular weight excluding hydrogens is 615 g/mol. The highest BCUT2D eigenvalue weighted by molar-refractivity contribution is 6.40. The number of hydrogen-bond acceptors (Lipinski definition) is 10. The van der Waals surface area contributed by atoms with Gasteiger partial charge in [-0.3, -0.25) is 33.6 Å². The number of halogens is 1. The van der Waals surface area contributed by atoms with Gasteiger partial charge in [-0.15, -0.1) is 0 Å². The summed E-state index contributed by atoms with van der Waals surface area (Å²) in [5, 5.41) is 37.2. The largest absolute Gasteiger partial charge is 0.481 e. The Balaban J connectivity index is 3.14. The Labute approximate surface area is 263 Å². The van der Waals surface area contributed by atoms with Gasteiger partial charge in [0.1, 0.15) is 30.8 Å². The van der Waals surface area contributed by atoms with Crippen molar-refractivity contribution in [2.75, 3.05) is 6.67 Å². The third-order valence-corrected chi connectivity index (χ3v) is 6.73. The molecule has 0 aliphatic carbocycles. The summed E-state index contributed by atoms with van der Waals surface area (Å²) in [4.78, 5) is 97.9. The maximum atomic E-state index is 13.3. The van der Waals surface area contributed by atoms with Crippen molar-refractivity contribution in [3.63, 3.8) is 0 Å². The van der Waals surface area contributed by atoms with Crippen LogP contribution in [-0.4, -0.2) is 99.6 Å². The van der Waals surface area contributed by atoms with E-state index in [1.807, 2.05) is 5.32 Å². The van der Waals surface area contributed by atoms with Crippen LogP contribution in [0, 0.1) is 5.92 Å². The lowest BCUT2D eigenvalue weighted by Crippen LogP contribution is -2.61. The van der Waals surface area contributed by atoms with Crippen LogP contribution >= 0.6 is 0 Å². The number of aliphatic hydroxyl groups excluding tert-OH is 1. The van der Waals surface area contributed by atoms with E-state index >= 15 is 0 Å². The molecule has 17 heteroatoms. The number of alkyl halides is 1. The monoisotopic (exact) mass is 654 g/mol. The number of nitrogens with one attached hydrogen (secondary N) is 4. The van der Waals surface area contributed by atoms with Crippen molar-refractivity contribution in [3.05, 3.63) is 35.9 Å². The lowest BCUT2D eigenvalue weighted by Gasteiger charge is -2.28. The van der Waals surface area contributed by atoms with E-state index in [1.54, 1.807) is 44.2 Å². The molecule has 4 amide bonds. The summed E-state index contributed by atoms with van der Waals surface area (Å²) in [6.07, 6.45) is -4.52. The number of carboxylic acid groups (broad SMARTS) is 2. The van der Waals surface area contributed by atoms with Gasteiger partial charge in [0.05, 0.1) is 12.5 Å². The first-order valence-corrected chi connectivity index (χ1v) is 14.2. The molecule has 1 rings (SSSR count). The number of carboxylic acids is 2. The molecule has 1 aromatic carbocycles. The second-order valence-corrected chi connectivity index (χ2v) is 10.4. The number of carbonyl (C=O) groups is 8. The second-order valence-electron chi connectivity index (χ2n) is 10.4. The number of ketones is 2. The Morgan fingerprint density at radius 2 is 1.39 bits per heavy atom. The van der Waals surface area contributed by atoms with Crippen LogP contribution < -0.4 is 21.3 Å². The molecule has 1 aromatic rings. The molecule has 0 unspecified atom stereocenters. The number of carbonyl (C=O) groups excluding carboxylic acids is 6. The number of Topliss-reactive ketones (excluding diaryl/α,β-unsaturated/α-hetero) is 2. The van der Waals surface area contributed by atoms with Crippen LogP contribution in [0.15, 0.2) is 30.3 Å². The molecule has 7 N–H and O–H groups in total. The van der Waals surface area contributed by atoms with Gasteiger partial charge in [-0.1, -0.05) is 50.6 Å². The van der Waals surface area contributed by atoms with Gasteiger partial charge in [-0.2, -0.15) is 0 Å². The Morgan fingerprint density at radius 1 is 0.804 bits per heavy atom. The standard InChI is InChI=1S/C29H39FN4O12/c1-4-15(2)23(34-29(45)46-14-17-8-6-5-7-9-17)27(43)31-18(10-11-21(37)38)26(42)33-24(16(3)35)28(44)32-19(12-22(39)40)25(41)20(36)13-30/h5-9,15-16,18-19,23-24,35H,4,10-14H2,1-3H3,(H,31,43)(H,32,44)(H,33,42)(H,34,45)(H,37,38)(H,39,40)/t15-,16+,18-,19-,23-,24-/m0/s1. The molecule has 0 aliphatic heterocycles. The minimum absolute atomic E-state index is 0.102. The van der Waals surface area contributed by atoms with Crippen LogP contribution in [0.2, 0.25) is 0 Å². The summed E-state index contributed by atoms with van der Waals surface area (Å²) >= 11 is 0.